The van der Waals surface area contributed by atoms with Gasteiger partial charge in [-0.25, -0.2) is 0 Å². The van der Waals surface area contributed by atoms with Crippen molar-refractivity contribution in [1.29, 1.82) is 0 Å². The van der Waals surface area contributed by atoms with Gasteiger partial charge in [-0.2, -0.15) is 0 Å². The molecule has 0 saturated carbocycles. The van der Waals surface area contributed by atoms with Gasteiger partial charge in [0.1, 0.15) is 25.0 Å². The summed E-state index contributed by atoms with van der Waals surface area (Å²) in [6.07, 6.45) is 2.04. The minimum Gasteiger partial charge on any atom is -0.491 e. The van der Waals surface area contributed by atoms with Gasteiger partial charge in [-0.15, -0.1) is 0 Å². The van der Waals surface area contributed by atoms with Gasteiger partial charge in [0.15, 0.2) is 0 Å². The molecular weight excluding hydrogens is 334 g/mol. The lowest BCUT2D eigenvalue weighted by atomic mass is 9.72. The van der Waals surface area contributed by atoms with Crippen molar-refractivity contribution in [2.45, 2.75) is 72.8 Å². The monoisotopic (exact) mass is 376 g/mol. The summed E-state index contributed by atoms with van der Waals surface area (Å²) in [7, 11) is 0. The molecule has 0 aliphatic carbocycles. The Hall–Kier alpha value is -1.06. The van der Waals surface area contributed by atoms with E-state index >= 15 is 0 Å². The largest absolute Gasteiger partial charge is 0.491 e. The summed E-state index contributed by atoms with van der Waals surface area (Å²) in [5, 5.41) is 10.4. The van der Waals surface area contributed by atoms with Crippen LogP contribution in [0.15, 0.2) is 24.3 Å². The van der Waals surface area contributed by atoms with Crippen LogP contribution in [-0.4, -0.2) is 37.5 Å². The van der Waals surface area contributed by atoms with Crippen molar-refractivity contribution < 1.29 is 14.7 Å². The van der Waals surface area contributed by atoms with Crippen molar-refractivity contribution in [3.05, 3.63) is 29.8 Å². The Labute approximate surface area is 167 Å². The molecule has 154 valence electrons. The second-order valence-corrected chi connectivity index (χ2v) is 10.9. The maximum atomic E-state index is 10.4. The van der Waals surface area contributed by atoms with Crippen molar-refractivity contribution in [2.75, 3.05) is 26.2 Å². The molecule has 3 atom stereocenters. The molecule has 0 aromatic heterocycles. The first kappa shape index (κ1) is 22.2. The zero-order valence-corrected chi connectivity index (χ0v) is 18.6. The van der Waals surface area contributed by atoms with Crippen LogP contribution < -0.4 is 9.64 Å². The number of ether oxygens (including phenoxy) is 1. The zero-order chi connectivity index (χ0) is 20.2. The van der Waals surface area contributed by atoms with Crippen molar-refractivity contribution in [1.82, 2.24) is 0 Å². The maximum Gasteiger partial charge on any atom is 0.137 e. The van der Waals surface area contributed by atoms with Crippen LogP contribution in [-0.2, 0) is 5.41 Å². The topological polar surface area (TPSA) is 33.9 Å². The third kappa shape index (κ3) is 7.46. The number of quaternary nitrogens is 1. The molecule has 1 aliphatic rings. The predicted molar refractivity (Wildman–Crippen MR) is 114 cm³/mol. The van der Waals surface area contributed by atoms with Crippen molar-refractivity contribution in [2.24, 2.45) is 17.3 Å². The molecule has 1 heterocycles. The highest BCUT2D eigenvalue weighted by Crippen LogP contribution is 2.36. The first-order valence-electron chi connectivity index (χ1n) is 10.7. The molecule has 0 spiro atoms. The number of nitrogens with one attached hydrogen (secondary N) is 1. The number of rotatable bonds is 7. The molecule has 27 heavy (non-hydrogen) atoms. The van der Waals surface area contributed by atoms with E-state index in [4.69, 9.17) is 4.74 Å². The highest BCUT2D eigenvalue weighted by atomic mass is 16.5. The van der Waals surface area contributed by atoms with Gasteiger partial charge >= 0.3 is 0 Å². The van der Waals surface area contributed by atoms with Gasteiger partial charge in [0.25, 0.3) is 0 Å². The lowest BCUT2D eigenvalue weighted by Gasteiger charge is -2.33. The van der Waals surface area contributed by atoms with E-state index in [1.807, 2.05) is 12.1 Å². The van der Waals surface area contributed by atoms with Crippen molar-refractivity contribution >= 4 is 0 Å². The molecule has 0 unspecified atom stereocenters. The van der Waals surface area contributed by atoms with E-state index in [1.165, 1.54) is 30.0 Å². The fourth-order valence-corrected chi connectivity index (χ4v) is 5.10. The third-order valence-corrected chi connectivity index (χ3v) is 5.65. The van der Waals surface area contributed by atoms with E-state index in [0.717, 1.165) is 30.6 Å². The summed E-state index contributed by atoms with van der Waals surface area (Å²) < 4.78 is 5.87. The Morgan fingerprint density at radius 3 is 2.11 bits per heavy atom. The van der Waals surface area contributed by atoms with Gasteiger partial charge < -0.3 is 14.7 Å². The van der Waals surface area contributed by atoms with Crippen LogP contribution >= 0.6 is 0 Å². The molecule has 1 saturated heterocycles. The second-order valence-electron chi connectivity index (χ2n) is 10.9. The highest BCUT2D eigenvalue weighted by molar-refractivity contribution is 5.31. The van der Waals surface area contributed by atoms with Crippen LogP contribution in [0, 0.1) is 17.3 Å². The molecular formula is C24H42NO2+. The molecule has 1 aromatic rings. The molecule has 2 N–H and O–H groups in total. The average molecular weight is 377 g/mol. The molecule has 1 fully saturated rings. The van der Waals surface area contributed by atoms with E-state index < -0.39 is 6.10 Å². The Morgan fingerprint density at radius 2 is 1.59 bits per heavy atom. The minimum atomic E-state index is -0.408. The van der Waals surface area contributed by atoms with Crippen LogP contribution in [0.4, 0.5) is 0 Å². The number of hydrogen-bond acceptors (Lipinski definition) is 2. The van der Waals surface area contributed by atoms with Crippen LogP contribution in [0.25, 0.3) is 0 Å². The normalized spacial score (nSPS) is 25.3. The smallest absolute Gasteiger partial charge is 0.137 e. The predicted octanol–water partition coefficient (Wildman–Crippen LogP) is 3.70. The fraction of sp³-hybridized carbons (Fsp3) is 0.750. The summed E-state index contributed by atoms with van der Waals surface area (Å²) in [6.45, 7) is 19.6. The summed E-state index contributed by atoms with van der Waals surface area (Å²) in [5.74, 6) is 2.35. The molecule has 0 amide bonds. The molecule has 1 aromatic carbocycles. The number of aliphatic hydroxyl groups is 1. The molecule has 2 rings (SSSR count). The molecule has 0 bridgehead atoms. The van der Waals surface area contributed by atoms with Gasteiger partial charge in [0, 0.05) is 11.8 Å². The van der Waals surface area contributed by atoms with Gasteiger partial charge in [-0.05, 0) is 41.4 Å². The third-order valence-electron chi connectivity index (χ3n) is 5.65. The van der Waals surface area contributed by atoms with E-state index in [1.54, 1.807) is 0 Å². The van der Waals surface area contributed by atoms with Gasteiger partial charge in [-0.3, -0.25) is 0 Å². The van der Waals surface area contributed by atoms with Gasteiger partial charge in [-0.1, -0.05) is 60.6 Å². The van der Waals surface area contributed by atoms with E-state index in [-0.39, 0.29) is 5.41 Å². The van der Waals surface area contributed by atoms with Crippen LogP contribution in [0.3, 0.4) is 0 Å². The maximum absolute atomic E-state index is 10.4. The van der Waals surface area contributed by atoms with E-state index in [9.17, 15) is 5.11 Å². The molecule has 1 aliphatic heterocycles. The lowest BCUT2D eigenvalue weighted by molar-refractivity contribution is -0.915. The molecule has 3 nitrogen and oxygen atoms in total. The Bertz CT molecular complexity index is 563. The highest BCUT2D eigenvalue weighted by Gasteiger charge is 2.28. The summed E-state index contributed by atoms with van der Waals surface area (Å²) in [4.78, 5) is 1.51. The van der Waals surface area contributed by atoms with Crippen molar-refractivity contribution in [3.63, 3.8) is 0 Å². The van der Waals surface area contributed by atoms with Crippen molar-refractivity contribution in [3.8, 4) is 5.75 Å². The van der Waals surface area contributed by atoms with Crippen LogP contribution in [0.2, 0.25) is 0 Å². The Morgan fingerprint density at radius 1 is 1.04 bits per heavy atom. The first-order chi connectivity index (χ1) is 12.4. The van der Waals surface area contributed by atoms with Gasteiger partial charge in [0.05, 0.1) is 13.1 Å². The number of likely N-dealkylation sites (tertiary alicyclic amines) is 1. The standard InChI is InChI=1S/C24H41NO2/c1-18-12-19(2)14-25(13-18)15-21(26)16-27-22-10-8-20(9-11-22)24(6,7)17-23(3,4)5/h8-11,18-19,21,26H,12-17H2,1-7H3/p+1/t18-,19-,21-/m0/s1. The SMILES string of the molecule is C[C@H]1C[C@H](C)C[NH+](C[C@H](O)COc2ccc(C(C)(C)CC(C)(C)C)cc2)C1. The van der Waals surface area contributed by atoms with Crippen LogP contribution in [0.1, 0.15) is 66.9 Å². The summed E-state index contributed by atoms with van der Waals surface area (Å²) in [5.41, 5.74) is 1.78. The quantitative estimate of drug-likeness (QED) is 0.761. The minimum absolute atomic E-state index is 0.140. The molecule has 3 heteroatoms. The average Bonchev–Trinajstić information content (AvgIpc) is 2.50. The zero-order valence-electron chi connectivity index (χ0n) is 18.6. The fourth-order valence-electron chi connectivity index (χ4n) is 5.10. The van der Waals surface area contributed by atoms with E-state index in [2.05, 4.69) is 60.6 Å². The lowest BCUT2D eigenvalue weighted by Crippen LogP contribution is -3.15. The van der Waals surface area contributed by atoms with Gasteiger partial charge in [0.2, 0.25) is 0 Å². The summed E-state index contributed by atoms with van der Waals surface area (Å²) >= 11 is 0. The molecule has 0 radical (unpaired) electrons. The number of hydrogen-bond donors (Lipinski definition) is 2. The van der Waals surface area contributed by atoms with Crippen LogP contribution in [0.5, 0.6) is 5.75 Å². The summed E-state index contributed by atoms with van der Waals surface area (Å²) in [6, 6.07) is 8.44. The Balaban J connectivity index is 1.84. The second kappa shape index (κ2) is 8.96. The number of aliphatic hydroxyl groups excluding tert-OH is 1. The van der Waals surface area contributed by atoms with E-state index in [0.29, 0.717) is 12.0 Å². The number of benzene rings is 1. The Kier molecular flexibility index (Phi) is 7.38. The number of piperidine rings is 1. The first-order valence-corrected chi connectivity index (χ1v) is 10.7.